The van der Waals surface area contributed by atoms with Crippen molar-refractivity contribution in [2.75, 3.05) is 0 Å². The van der Waals surface area contributed by atoms with Gasteiger partial charge in [0.25, 0.3) is 0 Å². The first-order chi connectivity index (χ1) is 20.0. The number of nitrogens with zero attached hydrogens (tertiary/aromatic N) is 2. The van der Waals surface area contributed by atoms with E-state index in [0.717, 1.165) is 48.7 Å². The maximum Gasteiger partial charge on any atom is 0.128 e. The molecule has 0 aliphatic carbocycles. The van der Waals surface area contributed by atoms with Crippen molar-refractivity contribution in [2.24, 2.45) is 0 Å². The Morgan fingerprint density at radius 3 is 1.98 bits per heavy atom. The van der Waals surface area contributed by atoms with Gasteiger partial charge in [-0.05, 0) is 75.0 Å². The number of hydrogen-bond acceptors (Lipinski definition) is 4. The number of benzene rings is 4. The van der Waals surface area contributed by atoms with Gasteiger partial charge in [0.05, 0.1) is 21.5 Å². The number of phenols is 1. The van der Waals surface area contributed by atoms with Gasteiger partial charge in [-0.15, -0.1) is 11.3 Å². The van der Waals surface area contributed by atoms with Crippen LogP contribution in [-0.2, 0) is 10.8 Å². The van der Waals surface area contributed by atoms with Crippen LogP contribution in [0, 0.1) is 0 Å². The van der Waals surface area contributed by atoms with Crippen LogP contribution >= 0.6 is 11.3 Å². The van der Waals surface area contributed by atoms with Crippen LogP contribution in [0.15, 0.2) is 103 Å². The Morgan fingerprint density at radius 2 is 1.26 bits per heavy atom. The molecule has 0 aliphatic heterocycles. The smallest absolute Gasteiger partial charge is 0.128 e. The molecule has 3 nitrogen and oxygen atoms in total. The Morgan fingerprint density at radius 1 is 0.595 bits per heavy atom. The molecule has 0 spiro atoms. The third-order valence-corrected chi connectivity index (χ3v) is 8.84. The molecular formula is C38H36N2OS. The number of thiazole rings is 1. The summed E-state index contributed by atoms with van der Waals surface area (Å²) in [6.45, 7) is 13.6. The fourth-order valence-electron chi connectivity index (χ4n) is 5.23. The number of hydrogen-bond donors (Lipinski definition) is 1. The van der Waals surface area contributed by atoms with Crippen LogP contribution in [-0.4, -0.2) is 15.1 Å². The minimum atomic E-state index is 0.0516. The van der Waals surface area contributed by atoms with Gasteiger partial charge >= 0.3 is 0 Å². The predicted molar refractivity (Wildman–Crippen MR) is 178 cm³/mol. The van der Waals surface area contributed by atoms with Gasteiger partial charge in [-0.3, -0.25) is 4.98 Å². The van der Waals surface area contributed by atoms with E-state index in [-0.39, 0.29) is 16.6 Å². The van der Waals surface area contributed by atoms with Gasteiger partial charge in [-0.25, -0.2) is 4.98 Å². The molecule has 4 heteroatoms. The molecule has 0 fully saturated rings. The van der Waals surface area contributed by atoms with E-state index in [0.29, 0.717) is 0 Å². The normalized spacial score (nSPS) is 12.1. The van der Waals surface area contributed by atoms with E-state index in [2.05, 4.69) is 114 Å². The highest BCUT2D eigenvalue weighted by atomic mass is 32.1. The van der Waals surface area contributed by atoms with Gasteiger partial charge in [0.15, 0.2) is 0 Å². The molecule has 1 N–H and O–H groups in total. The van der Waals surface area contributed by atoms with Crippen LogP contribution in [0.4, 0.5) is 0 Å². The van der Waals surface area contributed by atoms with Gasteiger partial charge < -0.3 is 5.11 Å². The third kappa shape index (κ3) is 5.47. The lowest BCUT2D eigenvalue weighted by Crippen LogP contribution is -2.16. The van der Waals surface area contributed by atoms with Crippen LogP contribution in [0.3, 0.4) is 0 Å². The highest BCUT2D eigenvalue weighted by Crippen LogP contribution is 2.40. The highest BCUT2D eigenvalue weighted by molar-refractivity contribution is 7.21. The van der Waals surface area contributed by atoms with E-state index < -0.39 is 0 Å². The molecule has 2 heterocycles. The maximum atomic E-state index is 10.4. The summed E-state index contributed by atoms with van der Waals surface area (Å²) in [6, 6.07) is 33.5. The van der Waals surface area contributed by atoms with Gasteiger partial charge in [0, 0.05) is 17.3 Å². The van der Waals surface area contributed by atoms with E-state index >= 15 is 0 Å². The van der Waals surface area contributed by atoms with Crippen molar-refractivity contribution in [3.8, 4) is 49.8 Å². The maximum absolute atomic E-state index is 10.4. The molecule has 0 amide bonds. The molecule has 0 bridgehead atoms. The summed E-state index contributed by atoms with van der Waals surface area (Å²) in [5.74, 6) is 0.244. The fraction of sp³-hybridized carbons (Fsp3) is 0.211. The average molecular weight is 569 g/mol. The summed E-state index contributed by atoms with van der Waals surface area (Å²) in [5, 5.41) is 11.2. The molecule has 0 atom stereocenters. The summed E-state index contributed by atoms with van der Waals surface area (Å²) in [4.78, 5) is 9.76. The first kappa shape index (κ1) is 27.9. The molecule has 0 saturated carbocycles. The lowest BCUT2D eigenvalue weighted by atomic mass is 9.79. The topological polar surface area (TPSA) is 46.0 Å². The second kappa shape index (κ2) is 10.5. The molecule has 42 heavy (non-hydrogen) atoms. The zero-order valence-corrected chi connectivity index (χ0v) is 25.9. The third-order valence-electron chi connectivity index (χ3n) is 7.78. The zero-order valence-electron chi connectivity index (χ0n) is 25.1. The van der Waals surface area contributed by atoms with Gasteiger partial charge in [-0.2, -0.15) is 0 Å². The molecule has 0 aliphatic rings. The Kier molecular flexibility index (Phi) is 6.98. The molecular weight excluding hydrogens is 532 g/mol. The van der Waals surface area contributed by atoms with Crippen molar-refractivity contribution in [1.29, 1.82) is 0 Å². The summed E-state index contributed by atoms with van der Waals surface area (Å²) < 4.78 is 1.09. The number of fused-ring (bicyclic) bond motifs is 1. The first-order valence-corrected chi connectivity index (χ1v) is 15.2. The average Bonchev–Trinajstić information content (AvgIpc) is 3.41. The van der Waals surface area contributed by atoms with E-state index in [1.807, 2.05) is 24.4 Å². The number of phenolic OH excluding ortho intramolecular Hbond substituents is 1. The largest absolute Gasteiger partial charge is 0.507 e. The van der Waals surface area contributed by atoms with Crippen LogP contribution < -0.4 is 0 Å². The van der Waals surface area contributed by atoms with Crippen LogP contribution in [0.5, 0.6) is 5.75 Å². The number of para-hydroxylation sites is 2. The number of pyridine rings is 1. The zero-order chi connectivity index (χ0) is 29.6. The monoisotopic (exact) mass is 568 g/mol. The Labute approximate surface area is 252 Å². The first-order valence-electron chi connectivity index (χ1n) is 14.4. The summed E-state index contributed by atoms with van der Waals surface area (Å²) in [5.41, 5.74) is 11.0. The summed E-state index contributed by atoms with van der Waals surface area (Å²) in [7, 11) is 0. The molecule has 0 unspecified atom stereocenters. The predicted octanol–water partition coefficient (Wildman–Crippen LogP) is 10.7. The van der Waals surface area contributed by atoms with Crippen LogP contribution in [0.25, 0.3) is 54.3 Å². The number of rotatable bonds is 4. The molecule has 210 valence electrons. The van der Waals surface area contributed by atoms with E-state index in [1.165, 1.54) is 16.7 Å². The minimum Gasteiger partial charge on any atom is -0.507 e. The molecule has 6 rings (SSSR count). The van der Waals surface area contributed by atoms with Crippen molar-refractivity contribution in [3.63, 3.8) is 0 Å². The molecule has 6 aromatic rings. The van der Waals surface area contributed by atoms with Gasteiger partial charge in [0.1, 0.15) is 10.8 Å². The van der Waals surface area contributed by atoms with Crippen molar-refractivity contribution in [1.82, 2.24) is 9.97 Å². The quantitative estimate of drug-likeness (QED) is 0.230. The van der Waals surface area contributed by atoms with Crippen molar-refractivity contribution in [3.05, 3.63) is 114 Å². The fourth-order valence-corrected chi connectivity index (χ4v) is 6.25. The molecule has 0 saturated heterocycles. The highest BCUT2D eigenvalue weighted by Gasteiger charge is 2.21. The molecule has 4 aromatic carbocycles. The number of aromatic nitrogens is 2. The van der Waals surface area contributed by atoms with E-state index in [1.54, 1.807) is 17.4 Å². The van der Waals surface area contributed by atoms with Crippen molar-refractivity contribution >= 4 is 21.6 Å². The lowest BCUT2D eigenvalue weighted by Gasteiger charge is -2.26. The summed E-state index contributed by atoms with van der Waals surface area (Å²) >= 11 is 1.60. The molecule has 0 radical (unpaired) electrons. The summed E-state index contributed by atoms with van der Waals surface area (Å²) in [6.07, 6.45) is 1.91. The Balaban J connectivity index is 1.41. The SMILES string of the molecule is CC(C)(C)c1cc(-c2ccnc(-c3cccc(-c4cccc5sc(-c6ccccc6O)nc45)c3)c2)cc(C(C)(C)C)c1. The van der Waals surface area contributed by atoms with E-state index in [4.69, 9.17) is 9.97 Å². The number of aromatic hydroxyl groups is 1. The Bertz CT molecular complexity index is 1890. The van der Waals surface area contributed by atoms with Crippen molar-refractivity contribution < 1.29 is 5.11 Å². The van der Waals surface area contributed by atoms with Gasteiger partial charge in [0.2, 0.25) is 0 Å². The van der Waals surface area contributed by atoms with Crippen molar-refractivity contribution in [2.45, 2.75) is 52.4 Å². The van der Waals surface area contributed by atoms with E-state index in [9.17, 15) is 5.11 Å². The second-order valence-electron chi connectivity index (χ2n) is 13.0. The standard InChI is InChI=1S/C38H36N2OS/c1-37(2,3)28-20-27(21-29(23-28)38(4,5)6)24-17-18-39-32(22-24)26-12-9-11-25(19-26)30-14-10-16-34-35(30)40-36(42-34)31-13-7-8-15-33(31)41/h7-23,41H,1-6H3. The second-order valence-corrected chi connectivity index (χ2v) is 14.0. The Hall–Kier alpha value is -4.28. The minimum absolute atomic E-state index is 0.0516. The lowest BCUT2D eigenvalue weighted by molar-refractivity contribution is 0.477. The van der Waals surface area contributed by atoms with Crippen LogP contribution in [0.2, 0.25) is 0 Å². The molecule has 2 aromatic heterocycles. The van der Waals surface area contributed by atoms with Gasteiger partial charge in [-0.1, -0.05) is 102 Å². The van der Waals surface area contributed by atoms with Crippen LogP contribution in [0.1, 0.15) is 52.7 Å².